The molecule has 0 radical (unpaired) electrons. The lowest BCUT2D eigenvalue weighted by atomic mass is 10.2. The molecule has 0 saturated heterocycles. The monoisotopic (exact) mass is 614 g/mol. The van der Waals surface area contributed by atoms with Crippen LogP contribution in [0.1, 0.15) is 44.7 Å². The van der Waals surface area contributed by atoms with Crippen LogP contribution < -0.4 is 9.88 Å². The zero-order valence-corrected chi connectivity index (χ0v) is 22.3. The Balaban J connectivity index is 0.000000830. The van der Waals surface area contributed by atoms with Crippen LogP contribution in [-0.4, -0.2) is 59.7 Å². The molecular formula is C20H28F6N4O7S2. The summed E-state index contributed by atoms with van der Waals surface area (Å²) in [7, 11) is -13.4. The maximum atomic E-state index is 11.6. The van der Waals surface area contributed by atoms with Crippen LogP contribution in [0.2, 0.25) is 0 Å². The largest absolute Gasteiger partial charge is 0.480 e. The van der Waals surface area contributed by atoms with Crippen LogP contribution in [0.5, 0.6) is 0 Å². The minimum absolute atomic E-state index is 0.362. The molecule has 0 aliphatic rings. The highest BCUT2D eigenvalue weighted by molar-refractivity contribution is 8.13. The zero-order chi connectivity index (χ0) is 30.2. The molecule has 1 rings (SSSR count). The van der Waals surface area contributed by atoms with Gasteiger partial charge in [0.1, 0.15) is 0 Å². The molecule has 0 fully saturated rings. The molecule has 224 valence electrons. The summed E-state index contributed by atoms with van der Waals surface area (Å²) < 4.78 is 117. The Morgan fingerprint density at radius 1 is 1.03 bits per heavy atom. The van der Waals surface area contributed by atoms with Crippen molar-refractivity contribution in [3.05, 3.63) is 34.2 Å². The van der Waals surface area contributed by atoms with Gasteiger partial charge in [-0.2, -0.15) is 30.9 Å². The highest BCUT2D eigenvalue weighted by Gasteiger charge is 2.46. The lowest BCUT2D eigenvalue weighted by Gasteiger charge is -2.22. The van der Waals surface area contributed by atoms with E-state index in [4.69, 9.17) is 4.74 Å². The van der Waals surface area contributed by atoms with Gasteiger partial charge in [0.2, 0.25) is 6.08 Å². The summed E-state index contributed by atoms with van der Waals surface area (Å²) >= 11 is 0. The number of ether oxygens (including phenoxy) is 1. The topological polar surface area (TPSA) is 154 Å². The van der Waals surface area contributed by atoms with Crippen LogP contribution in [0.25, 0.3) is 4.13 Å². The number of isocyanates is 1. The fourth-order valence-corrected chi connectivity index (χ4v) is 4.33. The van der Waals surface area contributed by atoms with Crippen LogP contribution in [-0.2, 0) is 42.5 Å². The van der Waals surface area contributed by atoms with Gasteiger partial charge in [-0.05, 0) is 19.3 Å². The number of hydrogen-bond donors (Lipinski definition) is 1. The van der Waals surface area contributed by atoms with Crippen LogP contribution in [0.15, 0.2) is 29.4 Å². The number of amides is 1. The fraction of sp³-hybridized carbons (Fsp3) is 0.650. The Kier molecular flexibility index (Phi) is 15.8. The Morgan fingerprint density at radius 2 is 1.62 bits per heavy atom. The maximum Gasteiger partial charge on any atom is 0.480 e. The molecular weight excluding hydrogens is 586 g/mol. The van der Waals surface area contributed by atoms with Gasteiger partial charge in [0.15, 0.2) is 45.1 Å². The predicted molar refractivity (Wildman–Crippen MR) is 125 cm³/mol. The summed E-state index contributed by atoms with van der Waals surface area (Å²) in [6.45, 7) is 4.32. The van der Waals surface area contributed by atoms with E-state index in [1.54, 1.807) is 0 Å². The zero-order valence-electron chi connectivity index (χ0n) is 20.7. The van der Waals surface area contributed by atoms with E-state index in [0.29, 0.717) is 26.2 Å². The van der Waals surface area contributed by atoms with Crippen molar-refractivity contribution in [3.8, 4) is 0 Å². The number of rotatable bonds is 14. The van der Waals surface area contributed by atoms with Crippen molar-refractivity contribution < 1.29 is 62.1 Å². The number of pyridine rings is 1. The number of aliphatic imine (C=N–C) groups is 1. The number of carbonyl (C=O) groups is 1. The van der Waals surface area contributed by atoms with Gasteiger partial charge in [0.05, 0.1) is 6.54 Å². The quantitative estimate of drug-likeness (QED) is 0.110. The second-order valence-electron chi connectivity index (χ2n) is 7.50. The molecule has 1 N–H and O–H groups in total. The molecule has 1 heterocycles. The molecule has 1 aromatic rings. The SMILES string of the molecule is CCCc1cccc[n+]1CCOC(=O)NCCCCCCN=C=O.O=S(=O)([N-]S(=O)(=O)C(F)(F)F)C(F)(F)F. The normalized spacial score (nSPS) is 12.1. The van der Waals surface area contributed by atoms with Gasteiger partial charge in [-0.25, -0.2) is 31.4 Å². The first-order valence-corrected chi connectivity index (χ1v) is 14.1. The summed E-state index contributed by atoms with van der Waals surface area (Å²) in [6.07, 6.45) is 9.05. The number of halogens is 6. The number of alkyl carbamates (subject to hydrolysis) is 1. The van der Waals surface area contributed by atoms with Crippen molar-refractivity contribution in [3.63, 3.8) is 0 Å². The fourth-order valence-electron chi connectivity index (χ4n) is 2.62. The summed E-state index contributed by atoms with van der Waals surface area (Å²) in [5, 5.41) is 2.75. The van der Waals surface area contributed by atoms with Crippen molar-refractivity contribution in [2.24, 2.45) is 4.99 Å². The molecule has 1 aromatic heterocycles. The molecule has 11 nitrogen and oxygen atoms in total. The highest BCUT2D eigenvalue weighted by Crippen LogP contribution is 2.36. The van der Waals surface area contributed by atoms with E-state index in [-0.39, 0.29) is 6.09 Å². The molecule has 0 aliphatic heterocycles. The average Bonchev–Trinajstić information content (AvgIpc) is 2.80. The molecule has 0 aromatic carbocycles. The molecule has 19 heteroatoms. The van der Waals surface area contributed by atoms with E-state index >= 15 is 0 Å². The minimum atomic E-state index is -6.72. The molecule has 0 saturated carbocycles. The van der Waals surface area contributed by atoms with E-state index in [2.05, 4.69) is 27.9 Å². The summed E-state index contributed by atoms with van der Waals surface area (Å²) in [5.41, 5.74) is -11.2. The van der Waals surface area contributed by atoms with Gasteiger partial charge in [-0.1, -0.05) is 25.8 Å². The van der Waals surface area contributed by atoms with E-state index in [1.165, 1.54) is 11.8 Å². The number of alkyl halides is 6. The molecule has 0 bridgehead atoms. The standard InChI is InChI=1S/C18H27N3O3.C2F6NO4S2/c1-2-9-17-10-5-8-13-21(17)14-15-24-18(23)20-12-7-4-3-6-11-19-16-22;3-1(4,5)14(10,11)9-15(12,13)2(6,7)8/h5,8,10,13H,2-4,6-7,9,11-12,14-15H2,1H3;/q;-1/p+1. The molecule has 39 heavy (non-hydrogen) atoms. The maximum absolute atomic E-state index is 11.6. The second-order valence-corrected chi connectivity index (χ2v) is 10.9. The van der Waals surface area contributed by atoms with E-state index in [0.717, 1.165) is 42.7 Å². The average molecular weight is 615 g/mol. The third-order valence-corrected chi connectivity index (χ3v) is 7.16. The van der Waals surface area contributed by atoms with Crippen molar-refractivity contribution in [1.82, 2.24) is 5.32 Å². The minimum Gasteiger partial charge on any atom is -0.443 e. The Labute approximate surface area is 221 Å². The van der Waals surface area contributed by atoms with Gasteiger partial charge in [-0.15, -0.1) is 0 Å². The summed E-state index contributed by atoms with van der Waals surface area (Å²) in [5.74, 6) is 0. The number of sulfonamides is 2. The van der Waals surface area contributed by atoms with Crippen LogP contribution in [0, 0.1) is 0 Å². The van der Waals surface area contributed by atoms with Gasteiger partial charge in [0, 0.05) is 25.1 Å². The van der Waals surface area contributed by atoms with Crippen molar-refractivity contribution in [2.75, 3.05) is 19.7 Å². The van der Waals surface area contributed by atoms with Gasteiger partial charge < -0.3 is 14.2 Å². The third-order valence-electron chi connectivity index (χ3n) is 4.42. The van der Waals surface area contributed by atoms with Gasteiger partial charge in [0.25, 0.3) is 0 Å². The lowest BCUT2D eigenvalue weighted by Crippen LogP contribution is -2.41. The summed E-state index contributed by atoms with van der Waals surface area (Å²) in [4.78, 5) is 25.0. The molecule has 0 atom stereocenters. The predicted octanol–water partition coefficient (Wildman–Crippen LogP) is 3.61. The smallest absolute Gasteiger partial charge is 0.443 e. The first-order chi connectivity index (χ1) is 18.0. The van der Waals surface area contributed by atoms with Gasteiger partial charge >= 0.3 is 17.1 Å². The number of nitrogens with zero attached hydrogens (tertiary/aromatic N) is 3. The van der Waals surface area contributed by atoms with Crippen molar-refractivity contribution >= 4 is 32.2 Å². The number of nitrogens with one attached hydrogen (secondary N) is 1. The molecule has 0 spiro atoms. The first kappa shape index (κ1) is 36.2. The number of carbonyl (C=O) groups excluding carboxylic acids is 2. The molecule has 0 unspecified atom stereocenters. The third kappa shape index (κ3) is 14.8. The van der Waals surface area contributed by atoms with Crippen LogP contribution in [0.4, 0.5) is 31.1 Å². The van der Waals surface area contributed by atoms with Gasteiger partial charge in [-0.3, -0.25) is 0 Å². The number of aryl methyl sites for hydroxylation is 1. The number of unbranched alkanes of at least 4 members (excludes halogenated alkanes) is 3. The van der Waals surface area contributed by atoms with Crippen molar-refractivity contribution in [2.45, 2.75) is 63.0 Å². The second kappa shape index (κ2) is 17.0. The first-order valence-electron chi connectivity index (χ1n) is 11.3. The van der Waals surface area contributed by atoms with E-state index in [1.807, 2.05) is 18.3 Å². The molecule has 1 amide bonds. The van der Waals surface area contributed by atoms with E-state index in [9.17, 15) is 52.8 Å². The Bertz CT molecular complexity index is 1110. The van der Waals surface area contributed by atoms with Crippen molar-refractivity contribution in [1.29, 1.82) is 0 Å². The summed E-state index contributed by atoms with van der Waals surface area (Å²) in [6, 6.07) is 6.12. The van der Waals surface area contributed by atoms with Crippen LogP contribution >= 0.6 is 0 Å². The number of aromatic nitrogens is 1. The van der Waals surface area contributed by atoms with E-state index < -0.39 is 31.1 Å². The highest BCUT2D eigenvalue weighted by atomic mass is 32.3. The number of hydrogen-bond acceptors (Lipinski definition) is 8. The Hall–Kier alpha value is -2.76. The Morgan fingerprint density at radius 3 is 2.15 bits per heavy atom. The molecule has 0 aliphatic carbocycles. The lowest BCUT2D eigenvalue weighted by molar-refractivity contribution is -0.705. The van der Waals surface area contributed by atoms with Crippen LogP contribution in [0.3, 0.4) is 0 Å².